The third-order valence-corrected chi connectivity index (χ3v) is 5.35. The highest BCUT2D eigenvalue weighted by molar-refractivity contribution is 7.11. The molecule has 0 bridgehead atoms. The fraction of sp³-hybridized carbons (Fsp3) is 0.444. The predicted octanol–water partition coefficient (Wildman–Crippen LogP) is 2.97. The molecule has 1 aliphatic rings. The second-order valence-electron chi connectivity index (χ2n) is 5.83. The molecule has 2 atom stereocenters. The minimum atomic E-state index is 0.496. The summed E-state index contributed by atoms with van der Waals surface area (Å²) in [6, 6.07) is 11.2. The van der Waals surface area contributed by atoms with Gasteiger partial charge in [-0.15, -0.1) is 11.3 Å². The number of aryl methyl sites for hydroxylation is 1. The molecule has 2 N–H and O–H groups in total. The number of thiazole rings is 1. The van der Waals surface area contributed by atoms with Crippen LogP contribution < -0.4 is 10.6 Å². The highest BCUT2D eigenvalue weighted by atomic mass is 32.1. The largest absolute Gasteiger partial charge is 0.356 e. The Balaban J connectivity index is 1.43. The molecule has 1 fully saturated rings. The Labute approximate surface area is 142 Å². The van der Waals surface area contributed by atoms with E-state index < -0.39 is 0 Å². The molecule has 122 valence electrons. The van der Waals surface area contributed by atoms with Gasteiger partial charge in [0.1, 0.15) is 0 Å². The van der Waals surface area contributed by atoms with Gasteiger partial charge in [-0.3, -0.25) is 4.99 Å². The summed E-state index contributed by atoms with van der Waals surface area (Å²) < 4.78 is 0. The van der Waals surface area contributed by atoms with Crippen LogP contribution >= 0.6 is 11.3 Å². The van der Waals surface area contributed by atoms with Crippen LogP contribution in [0.2, 0.25) is 0 Å². The molecular weight excluding hydrogens is 304 g/mol. The van der Waals surface area contributed by atoms with Crippen LogP contribution in [0.25, 0.3) is 0 Å². The second kappa shape index (κ2) is 7.59. The summed E-state index contributed by atoms with van der Waals surface area (Å²) in [5.74, 6) is 1.50. The molecule has 0 saturated heterocycles. The van der Waals surface area contributed by atoms with E-state index in [4.69, 9.17) is 0 Å². The summed E-state index contributed by atoms with van der Waals surface area (Å²) in [6.07, 6.45) is 5.17. The van der Waals surface area contributed by atoms with Crippen molar-refractivity contribution >= 4 is 17.3 Å². The lowest BCUT2D eigenvalue weighted by Gasteiger charge is -2.11. The zero-order valence-corrected chi connectivity index (χ0v) is 14.6. The summed E-state index contributed by atoms with van der Waals surface area (Å²) in [5.41, 5.74) is 1.41. The molecule has 23 heavy (non-hydrogen) atoms. The van der Waals surface area contributed by atoms with Gasteiger partial charge in [-0.25, -0.2) is 4.98 Å². The molecule has 1 aliphatic carbocycles. The van der Waals surface area contributed by atoms with E-state index in [0.29, 0.717) is 12.0 Å². The molecular formula is C18H24N4S. The Bertz CT molecular complexity index is 650. The standard InChI is InChI=1S/C18H24N4S/c1-3-14-12-21-17(23-14)9-10-20-18(19-2)22-16-11-15(16)13-7-5-4-6-8-13/h4-8,12,15-16H,3,9-11H2,1-2H3,(H2,19,20,22). The van der Waals surface area contributed by atoms with Crippen molar-refractivity contribution < 1.29 is 0 Å². The third kappa shape index (κ3) is 4.32. The molecule has 0 amide bonds. The molecule has 1 heterocycles. The maximum Gasteiger partial charge on any atom is 0.191 e. The van der Waals surface area contributed by atoms with E-state index in [-0.39, 0.29) is 0 Å². The van der Waals surface area contributed by atoms with Gasteiger partial charge in [-0.1, -0.05) is 37.3 Å². The average molecular weight is 328 g/mol. The molecule has 2 aromatic rings. The van der Waals surface area contributed by atoms with Gasteiger partial charge in [0.05, 0.1) is 5.01 Å². The SMILES string of the molecule is CCc1cnc(CCNC(=NC)NC2CC2c2ccccc2)s1. The van der Waals surface area contributed by atoms with E-state index in [1.807, 2.05) is 13.2 Å². The van der Waals surface area contributed by atoms with Crippen molar-refractivity contribution in [1.82, 2.24) is 15.6 Å². The normalized spacial score (nSPS) is 20.3. The Morgan fingerprint density at radius 1 is 1.35 bits per heavy atom. The first-order chi connectivity index (χ1) is 11.3. The number of rotatable bonds is 6. The Morgan fingerprint density at radius 2 is 2.17 bits per heavy atom. The maximum atomic E-state index is 4.45. The molecule has 3 rings (SSSR count). The Kier molecular flexibility index (Phi) is 5.28. The van der Waals surface area contributed by atoms with E-state index in [0.717, 1.165) is 25.3 Å². The summed E-state index contributed by atoms with van der Waals surface area (Å²) in [4.78, 5) is 10.1. The zero-order valence-electron chi connectivity index (χ0n) is 13.7. The summed E-state index contributed by atoms with van der Waals surface area (Å²) >= 11 is 1.80. The van der Waals surface area contributed by atoms with E-state index >= 15 is 0 Å². The smallest absolute Gasteiger partial charge is 0.191 e. The predicted molar refractivity (Wildman–Crippen MR) is 97.3 cm³/mol. The maximum absolute atomic E-state index is 4.45. The average Bonchev–Trinajstić information content (AvgIpc) is 3.21. The first kappa shape index (κ1) is 16.0. The van der Waals surface area contributed by atoms with Crippen molar-refractivity contribution in [3.05, 3.63) is 52.0 Å². The van der Waals surface area contributed by atoms with Crippen LogP contribution in [0.4, 0.5) is 0 Å². The van der Waals surface area contributed by atoms with Gasteiger partial charge in [0, 0.05) is 43.0 Å². The number of nitrogens with zero attached hydrogens (tertiary/aromatic N) is 2. The van der Waals surface area contributed by atoms with E-state index in [2.05, 4.69) is 57.9 Å². The van der Waals surface area contributed by atoms with Crippen molar-refractivity contribution in [2.24, 2.45) is 4.99 Å². The molecule has 1 aromatic heterocycles. The first-order valence-electron chi connectivity index (χ1n) is 8.26. The van der Waals surface area contributed by atoms with Crippen LogP contribution in [0.1, 0.15) is 34.7 Å². The summed E-state index contributed by atoms with van der Waals surface area (Å²) in [7, 11) is 1.83. The van der Waals surface area contributed by atoms with Gasteiger partial charge >= 0.3 is 0 Å². The minimum absolute atomic E-state index is 0.496. The molecule has 2 unspecified atom stereocenters. The number of aromatic nitrogens is 1. The Morgan fingerprint density at radius 3 is 2.87 bits per heavy atom. The third-order valence-electron chi connectivity index (χ3n) is 4.15. The van der Waals surface area contributed by atoms with Crippen molar-refractivity contribution in [2.75, 3.05) is 13.6 Å². The quantitative estimate of drug-likeness (QED) is 0.633. The van der Waals surface area contributed by atoms with Crippen LogP contribution in [-0.4, -0.2) is 30.6 Å². The summed E-state index contributed by atoms with van der Waals surface area (Å²) in [6.45, 7) is 3.03. The minimum Gasteiger partial charge on any atom is -0.356 e. The fourth-order valence-corrected chi connectivity index (χ4v) is 3.57. The lowest BCUT2D eigenvalue weighted by Crippen LogP contribution is -2.39. The number of benzene rings is 1. The molecule has 0 spiro atoms. The molecule has 5 heteroatoms. The van der Waals surface area contributed by atoms with Gasteiger partial charge in [0.15, 0.2) is 5.96 Å². The van der Waals surface area contributed by atoms with Crippen LogP contribution in [0.5, 0.6) is 0 Å². The molecule has 0 aliphatic heterocycles. The van der Waals surface area contributed by atoms with Gasteiger partial charge in [-0.05, 0) is 18.4 Å². The van der Waals surface area contributed by atoms with Crippen molar-refractivity contribution in [3.8, 4) is 0 Å². The molecule has 0 radical (unpaired) electrons. The number of aliphatic imine (C=N–C) groups is 1. The number of guanidine groups is 1. The monoisotopic (exact) mass is 328 g/mol. The second-order valence-corrected chi connectivity index (χ2v) is 7.03. The van der Waals surface area contributed by atoms with Gasteiger partial charge in [0.25, 0.3) is 0 Å². The van der Waals surface area contributed by atoms with Gasteiger partial charge < -0.3 is 10.6 Å². The highest BCUT2D eigenvalue weighted by Gasteiger charge is 2.38. The molecule has 1 aromatic carbocycles. The topological polar surface area (TPSA) is 49.3 Å². The van der Waals surface area contributed by atoms with Crippen LogP contribution in [0, 0.1) is 0 Å². The van der Waals surface area contributed by atoms with Crippen LogP contribution in [0.3, 0.4) is 0 Å². The van der Waals surface area contributed by atoms with Crippen LogP contribution in [0.15, 0.2) is 41.5 Å². The van der Waals surface area contributed by atoms with E-state index in [9.17, 15) is 0 Å². The Hall–Kier alpha value is -1.88. The molecule has 1 saturated carbocycles. The first-order valence-corrected chi connectivity index (χ1v) is 9.07. The highest BCUT2D eigenvalue weighted by Crippen LogP contribution is 2.40. The lowest BCUT2D eigenvalue weighted by atomic mass is 10.1. The zero-order chi connectivity index (χ0) is 16.1. The van der Waals surface area contributed by atoms with Gasteiger partial charge in [-0.2, -0.15) is 0 Å². The van der Waals surface area contributed by atoms with Gasteiger partial charge in [0.2, 0.25) is 0 Å². The number of hydrogen-bond donors (Lipinski definition) is 2. The lowest BCUT2D eigenvalue weighted by molar-refractivity contribution is 0.778. The summed E-state index contributed by atoms with van der Waals surface area (Å²) in [5, 5.41) is 8.10. The van der Waals surface area contributed by atoms with Crippen molar-refractivity contribution in [3.63, 3.8) is 0 Å². The molecule has 4 nitrogen and oxygen atoms in total. The van der Waals surface area contributed by atoms with Crippen molar-refractivity contribution in [1.29, 1.82) is 0 Å². The fourth-order valence-electron chi connectivity index (χ4n) is 2.71. The van der Waals surface area contributed by atoms with Crippen LogP contribution in [-0.2, 0) is 12.8 Å². The van der Waals surface area contributed by atoms with E-state index in [1.54, 1.807) is 11.3 Å². The number of nitrogens with one attached hydrogen (secondary N) is 2. The van der Waals surface area contributed by atoms with E-state index in [1.165, 1.54) is 21.9 Å². The number of hydrogen-bond acceptors (Lipinski definition) is 3. The van der Waals surface area contributed by atoms with Crippen molar-refractivity contribution in [2.45, 2.75) is 38.1 Å².